The average molecular weight is 783 g/mol. The Kier molecular flexibility index (Phi) is 8.19. The molecule has 0 saturated carbocycles. The molecule has 61 heavy (non-hydrogen) atoms. The molecule has 3 aliphatic carbocycles. The Balaban J connectivity index is 0.861. The van der Waals surface area contributed by atoms with Crippen molar-refractivity contribution in [1.82, 2.24) is 0 Å². The van der Waals surface area contributed by atoms with Gasteiger partial charge in [0, 0.05) is 38.9 Å². The van der Waals surface area contributed by atoms with Crippen LogP contribution in [0.15, 0.2) is 182 Å². The first-order valence-electron chi connectivity index (χ1n) is 21.8. The van der Waals surface area contributed by atoms with Gasteiger partial charge in [0.15, 0.2) is 0 Å². The molecule has 0 radical (unpaired) electrons. The summed E-state index contributed by atoms with van der Waals surface area (Å²) in [5.74, 6) is 0. The highest BCUT2D eigenvalue weighted by Gasteiger charge is 2.36. The predicted molar refractivity (Wildman–Crippen MR) is 259 cm³/mol. The van der Waals surface area contributed by atoms with Crippen LogP contribution in [-0.4, -0.2) is 0 Å². The first-order chi connectivity index (χ1) is 30.0. The van der Waals surface area contributed by atoms with Gasteiger partial charge in [-0.05, 0) is 153 Å². The Labute approximate surface area is 358 Å². The van der Waals surface area contributed by atoms with Crippen LogP contribution < -0.4 is 9.80 Å². The molecule has 292 valence electrons. The minimum atomic E-state index is -0.167. The van der Waals surface area contributed by atoms with Gasteiger partial charge in [0.25, 0.3) is 0 Å². The van der Waals surface area contributed by atoms with E-state index in [9.17, 15) is 0 Å². The van der Waals surface area contributed by atoms with Crippen LogP contribution in [0.3, 0.4) is 0 Å². The molecule has 0 spiro atoms. The van der Waals surface area contributed by atoms with Crippen molar-refractivity contribution in [3.8, 4) is 11.1 Å². The SMILES string of the molecule is CC1(C)c2cc(/C=C/c3ccc(N(c4ccccc4)c4ccc5c6c(cccc46)CC5)cc3)ccc2-c2ccc(N(c3ccccc3)c3ccc4c5c(cccc35)CC4)cc21. The molecule has 0 aromatic heterocycles. The van der Waals surface area contributed by atoms with E-state index in [4.69, 9.17) is 0 Å². The van der Waals surface area contributed by atoms with E-state index in [0.29, 0.717) is 0 Å². The van der Waals surface area contributed by atoms with Gasteiger partial charge in [-0.2, -0.15) is 0 Å². The van der Waals surface area contributed by atoms with Gasteiger partial charge in [-0.3, -0.25) is 0 Å². The maximum atomic E-state index is 2.46. The number of hydrogen-bond donors (Lipinski definition) is 0. The molecule has 9 aromatic rings. The van der Waals surface area contributed by atoms with Crippen molar-refractivity contribution in [3.05, 3.63) is 226 Å². The Morgan fingerprint density at radius 2 is 0.820 bits per heavy atom. The van der Waals surface area contributed by atoms with Crippen molar-refractivity contribution in [2.24, 2.45) is 0 Å². The van der Waals surface area contributed by atoms with Crippen LogP contribution in [0.4, 0.5) is 34.1 Å². The summed E-state index contributed by atoms with van der Waals surface area (Å²) in [6.45, 7) is 4.78. The zero-order valence-corrected chi connectivity index (χ0v) is 34.7. The number of para-hydroxylation sites is 2. The molecule has 2 nitrogen and oxygen atoms in total. The quantitative estimate of drug-likeness (QED) is 0.142. The van der Waals surface area contributed by atoms with Crippen LogP contribution >= 0.6 is 0 Å². The first-order valence-corrected chi connectivity index (χ1v) is 21.8. The molecular formula is C59H46N2. The van der Waals surface area contributed by atoms with E-state index in [1.165, 1.54) is 99.9 Å². The standard InChI is InChI=1S/C59H46N2/c1-59(2)53-37-40(20-19-39-21-30-47(31-22-39)60(45-13-5-3-6-14-45)55-35-28-43-26-24-41-11-9-17-51(55)57(41)43)23-33-49(53)50-34-32-48(38-54(50)59)61(46-15-7-4-8-16-46)56-36-29-44-27-25-42-12-10-18-52(56)58(42)44/h3-23,28-38H,24-27H2,1-2H3/b20-19+. The maximum Gasteiger partial charge on any atom is 0.0540 e. The van der Waals surface area contributed by atoms with Gasteiger partial charge in [0.2, 0.25) is 0 Å². The van der Waals surface area contributed by atoms with E-state index in [-0.39, 0.29) is 5.41 Å². The van der Waals surface area contributed by atoms with E-state index >= 15 is 0 Å². The number of benzene rings is 9. The smallest absolute Gasteiger partial charge is 0.0540 e. The Morgan fingerprint density at radius 3 is 1.39 bits per heavy atom. The third-order valence-corrected chi connectivity index (χ3v) is 13.8. The lowest BCUT2D eigenvalue weighted by molar-refractivity contribution is 0.660. The molecule has 0 unspecified atom stereocenters. The van der Waals surface area contributed by atoms with Crippen molar-refractivity contribution in [1.29, 1.82) is 0 Å². The second kappa shape index (κ2) is 14.0. The number of aryl methyl sites for hydroxylation is 4. The zero-order valence-electron chi connectivity index (χ0n) is 34.7. The normalized spacial score (nSPS) is 14.2. The van der Waals surface area contributed by atoms with Gasteiger partial charge < -0.3 is 9.80 Å². The minimum absolute atomic E-state index is 0.167. The summed E-state index contributed by atoms with van der Waals surface area (Å²) in [5, 5.41) is 5.53. The van der Waals surface area contributed by atoms with E-state index in [0.717, 1.165) is 37.1 Å². The van der Waals surface area contributed by atoms with Crippen molar-refractivity contribution >= 4 is 67.8 Å². The molecule has 0 heterocycles. The van der Waals surface area contributed by atoms with E-state index in [1.54, 1.807) is 0 Å². The molecule has 0 bridgehead atoms. The fraction of sp³-hybridized carbons (Fsp3) is 0.119. The minimum Gasteiger partial charge on any atom is -0.310 e. The zero-order chi connectivity index (χ0) is 40.7. The molecule has 0 amide bonds. The highest BCUT2D eigenvalue weighted by Crippen LogP contribution is 2.52. The fourth-order valence-electron chi connectivity index (χ4n) is 10.8. The number of anilines is 6. The maximum absolute atomic E-state index is 2.46. The summed E-state index contributed by atoms with van der Waals surface area (Å²) < 4.78 is 0. The van der Waals surface area contributed by atoms with Crippen molar-refractivity contribution in [3.63, 3.8) is 0 Å². The van der Waals surface area contributed by atoms with Crippen LogP contribution in [0, 0.1) is 0 Å². The average Bonchev–Trinajstić information content (AvgIpc) is 3.99. The highest BCUT2D eigenvalue weighted by atomic mass is 15.1. The molecule has 12 rings (SSSR count). The molecule has 9 aromatic carbocycles. The van der Waals surface area contributed by atoms with Crippen LogP contribution in [0.25, 0.3) is 44.8 Å². The van der Waals surface area contributed by atoms with Crippen LogP contribution in [-0.2, 0) is 31.1 Å². The summed E-state index contributed by atoms with van der Waals surface area (Å²) in [7, 11) is 0. The van der Waals surface area contributed by atoms with Gasteiger partial charge in [-0.25, -0.2) is 0 Å². The topological polar surface area (TPSA) is 6.48 Å². The van der Waals surface area contributed by atoms with Crippen LogP contribution in [0.2, 0.25) is 0 Å². The van der Waals surface area contributed by atoms with Gasteiger partial charge in [0.05, 0.1) is 11.4 Å². The summed E-state index contributed by atoms with van der Waals surface area (Å²) in [5.41, 5.74) is 20.6. The molecule has 0 N–H and O–H groups in total. The van der Waals surface area contributed by atoms with Crippen LogP contribution in [0.5, 0.6) is 0 Å². The Morgan fingerprint density at radius 1 is 0.377 bits per heavy atom. The molecule has 0 atom stereocenters. The second-order valence-electron chi connectivity index (χ2n) is 17.6. The van der Waals surface area contributed by atoms with E-state index in [1.807, 2.05) is 0 Å². The van der Waals surface area contributed by atoms with E-state index < -0.39 is 0 Å². The number of rotatable bonds is 8. The van der Waals surface area contributed by atoms with Gasteiger partial charge in [-0.1, -0.05) is 147 Å². The lowest BCUT2D eigenvalue weighted by Gasteiger charge is -2.29. The largest absolute Gasteiger partial charge is 0.310 e. The molecule has 3 aliphatic rings. The van der Waals surface area contributed by atoms with Gasteiger partial charge >= 0.3 is 0 Å². The van der Waals surface area contributed by atoms with Crippen LogP contribution in [0.1, 0.15) is 58.4 Å². The van der Waals surface area contributed by atoms with Gasteiger partial charge in [0.1, 0.15) is 0 Å². The molecule has 0 saturated heterocycles. The first kappa shape index (κ1) is 35.8. The number of nitrogens with zero attached hydrogens (tertiary/aromatic N) is 2. The van der Waals surface area contributed by atoms with Crippen molar-refractivity contribution in [2.45, 2.75) is 44.9 Å². The second-order valence-corrected chi connectivity index (χ2v) is 17.6. The third kappa shape index (κ3) is 5.77. The molecule has 0 aliphatic heterocycles. The lowest BCUT2D eigenvalue weighted by atomic mass is 9.81. The molecular weight excluding hydrogens is 737 g/mol. The molecule has 0 fully saturated rings. The Bertz CT molecular complexity index is 3190. The van der Waals surface area contributed by atoms with Gasteiger partial charge in [-0.15, -0.1) is 0 Å². The fourth-order valence-corrected chi connectivity index (χ4v) is 10.8. The van der Waals surface area contributed by atoms with Crippen molar-refractivity contribution < 1.29 is 0 Å². The summed E-state index contributed by atoms with van der Waals surface area (Å²) in [6.07, 6.45) is 9.01. The Hall–Kier alpha value is -7.16. The third-order valence-electron chi connectivity index (χ3n) is 13.8. The number of hydrogen-bond acceptors (Lipinski definition) is 2. The molecule has 2 heteroatoms. The summed E-state index contributed by atoms with van der Waals surface area (Å²) in [4.78, 5) is 4.87. The lowest BCUT2D eigenvalue weighted by Crippen LogP contribution is -2.17. The van der Waals surface area contributed by atoms with Crippen molar-refractivity contribution in [2.75, 3.05) is 9.80 Å². The summed E-state index contributed by atoms with van der Waals surface area (Å²) in [6, 6.07) is 67.8. The predicted octanol–water partition coefficient (Wildman–Crippen LogP) is 15.6. The number of fused-ring (bicyclic) bond motifs is 3. The monoisotopic (exact) mass is 782 g/mol. The van der Waals surface area contributed by atoms with E-state index in [2.05, 4.69) is 218 Å². The highest BCUT2D eigenvalue weighted by molar-refractivity contribution is 6.04. The summed E-state index contributed by atoms with van der Waals surface area (Å²) >= 11 is 0.